The minimum atomic E-state index is -0.395. The Bertz CT molecular complexity index is 608. The summed E-state index contributed by atoms with van der Waals surface area (Å²) in [5, 5.41) is 15.4. The van der Waals surface area contributed by atoms with E-state index in [0.717, 1.165) is 32.1 Å². The fraction of sp³-hybridized carbons (Fsp3) is 0.667. The first-order chi connectivity index (χ1) is 12.7. The van der Waals surface area contributed by atoms with E-state index in [1.165, 1.54) is 18.6 Å². The van der Waals surface area contributed by atoms with Crippen LogP contribution < -0.4 is 10.6 Å². The largest absolute Gasteiger partial charge is 0.394 e. The maximum absolute atomic E-state index is 12.1. The third kappa shape index (κ3) is 4.76. The molecular formula is C18H26N4O4. The molecule has 1 saturated heterocycles. The lowest BCUT2D eigenvalue weighted by Gasteiger charge is -2.37. The Labute approximate surface area is 152 Å². The van der Waals surface area contributed by atoms with Gasteiger partial charge in [-0.2, -0.15) is 0 Å². The number of hydrogen-bond donors (Lipinski definition) is 3. The van der Waals surface area contributed by atoms with E-state index in [1.54, 1.807) is 0 Å². The van der Waals surface area contributed by atoms with Crippen molar-refractivity contribution >= 4 is 11.8 Å². The molecule has 3 N–H and O–H groups in total. The summed E-state index contributed by atoms with van der Waals surface area (Å²) in [4.78, 5) is 31.9. The predicted octanol–water partition coefficient (Wildman–Crippen LogP) is 0.421. The average Bonchev–Trinajstić information content (AvgIpc) is 2.62. The highest BCUT2D eigenvalue weighted by Crippen LogP contribution is 2.28. The van der Waals surface area contributed by atoms with E-state index in [1.807, 2.05) is 0 Å². The molecule has 2 amide bonds. The molecule has 3 rings (SSSR count). The smallest absolute Gasteiger partial charge is 0.271 e. The number of nitrogens with zero attached hydrogens (tertiary/aromatic N) is 2. The van der Waals surface area contributed by atoms with E-state index in [-0.39, 0.29) is 42.2 Å². The molecule has 26 heavy (non-hydrogen) atoms. The van der Waals surface area contributed by atoms with E-state index in [9.17, 15) is 14.7 Å². The fourth-order valence-electron chi connectivity index (χ4n) is 3.33. The molecule has 142 valence electrons. The Morgan fingerprint density at radius 3 is 2.73 bits per heavy atom. The highest BCUT2D eigenvalue weighted by atomic mass is 16.5. The summed E-state index contributed by atoms with van der Waals surface area (Å²) in [6.07, 6.45) is 9.19. The van der Waals surface area contributed by atoms with Crippen LogP contribution in [-0.4, -0.2) is 58.3 Å². The standard InChI is InChI=1S/C18H26N4O4/c23-11-16-14(22-17(24)12-2-1-3-12)5-4-13(26-16)6-7-21-18(25)15-10-19-8-9-20-15/h8-10,12-14,16,23H,1-7,11H2,(H,21,25)(H,22,24)/t13-,14+,16+/m1/s1. The first-order valence-electron chi connectivity index (χ1n) is 9.28. The molecule has 2 aliphatic rings. The van der Waals surface area contributed by atoms with Crippen LogP contribution in [-0.2, 0) is 9.53 Å². The summed E-state index contributed by atoms with van der Waals surface area (Å²) in [5.41, 5.74) is 0.282. The van der Waals surface area contributed by atoms with Gasteiger partial charge in [-0.25, -0.2) is 4.98 Å². The van der Waals surface area contributed by atoms with Gasteiger partial charge in [0.15, 0.2) is 0 Å². The minimum Gasteiger partial charge on any atom is -0.394 e. The Balaban J connectivity index is 1.40. The van der Waals surface area contributed by atoms with Crippen molar-refractivity contribution in [3.05, 3.63) is 24.3 Å². The molecule has 2 heterocycles. The summed E-state index contributed by atoms with van der Waals surface area (Å²) >= 11 is 0. The van der Waals surface area contributed by atoms with Crippen molar-refractivity contribution in [3.63, 3.8) is 0 Å². The highest BCUT2D eigenvalue weighted by molar-refractivity contribution is 5.91. The molecule has 1 aliphatic heterocycles. The van der Waals surface area contributed by atoms with Gasteiger partial charge in [-0.3, -0.25) is 14.6 Å². The number of aliphatic hydroxyl groups excluding tert-OH is 1. The summed E-state index contributed by atoms with van der Waals surface area (Å²) < 4.78 is 5.92. The van der Waals surface area contributed by atoms with Crippen LogP contribution in [0.3, 0.4) is 0 Å². The molecular weight excluding hydrogens is 336 g/mol. The topological polar surface area (TPSA) is 113 Å². The van der Waals surface area contributed by atoms with Gasteiger partial charge in [0.25, 0.3) is 5.91 Å². The van der Waals surface area contributed by atoms with Gasteiger partial charge in [0, 0.05) is 24.9 Å². The van der Waals surface area contributed by atoms with E-state index >= 15 is 0 Å². The Morgan fingerprint density at radius 2 is 2.08 bits per heavy atom. The van der Waals surface area contributed by atoms with Gasteiger partial charge in [0.05, 0.1) is 24.9 Å². The number of nitrogens with one attached hydrogen (secondary N) is 2. The maximum Gasteiger partial charge on any atom is 0.271 e. The molecule has 1 saturated carbocycles. The normalized spacial score (nSPS) is 26.0. The number of aromatic nitrogens is 2. The van der Waals surface area contributed by atoms with Crippen LogP contribution in [0.1, 0.15) is 49.0 Å². The second kappa shape index (κ2) is 9.05. The quantitative estimate of drug-likeness (QED) is 0.648. The monoisotopic (exact) mass is 362 g/mol. The van der Waals surface area contributed by atoms with Crippen LogP contribution in [0, 0.1) is 5.92 Å². The molecule has 0 spiro atoms. The van der Waals surface area contributed by atoms with Crippen molar-refractivity contribution < 1.29 is 19.4 Å². The summed E-state index contributed by atoms with van der Waals surface area (Å²) in [6, 6.07) is -0.140. The van der Waals surface area contributed by atoms with E-state index < -0.39 is 6.10 Å². The van der Waals surface area contributed by atoms with E-state index in [2.05, 4.69) is 20.6 Å². The van der Waals surface area contributed by atoms with Crippen molar-refractivity contribution in [2.75, 3.05) is 13.2 Å². The van der Waals surface area contributed by atoms with Crippen molar-refractivity contribution in [3.8, 4) is 0 Å². The Morgan fingerprint density at radius 1 is 1.23 bits per heavy atom. The molecule has 1 aromatic heterocycles. The van der Waals surface area contributed by atoms with Gasteiger partial charge in [0.1, 0.15) is 11.8 Å². The molecule has 8 heteroatoms. The van der Waals surface area contributed by atoms with Gasteiger partial charge in [-0.1, -0.05) is 6.42 Å². The van der Waals surface area contributed by atoms with Crippen LogP contribution in [0.4, 0.5) is 0 Å². The van der Waals surface area contributed by atoms with Gasteiger partial charge in [-0.15, -0.1) is 0 Å². The molecule has 8 nitrogen and oxygen atoms in total. The Kier molecular flexibility index (Phi) is 6.51. The summed E-state index contributed by atoms with van der Waals surface area (Å²) in [6.45, 7) is 0.329. The lowest BCUT2D eigenvalue weighted by molar-refractivity contribution is -0.134. The number of carbonyl (C=O) groups is 2. The van der Waals surface area contributed by atoms with Gasteiger partial charge < -0.3 is 20.5 Å². The fourth-order valence-corrected chi connectivity index (χ4v) is 3.33. The number of ether oxygens (including phenoxy) is 1. The number of amides is 2. The summed E-state index contributed by atoms with van der Waals surface area (Å²) in [5.74, 6) is -0.0559. The van der Waals surface area contributed by atoms with Gasteiger partial charge in [0.2, 0.25) is 5.91 Å². The zero-order chi connectivity index (χ0) is 18.4. The third-order valence-electron chi connectivity index (χ3n) is 5.15. The second-order valence-corrected chi connectivity index (χ2v) is 6.93. The van der Waals surface area contributed by atoms with Crippen LogP contribution in [0.15, 0.2) is 18.6 Å². The number of rotatable bonds is 7. The molecule has 0 radical (unpaired) electrons. The van der Waals surface area contributed by atoms with E-state index in [4.69, 9.17) is 4.74 Å². The van der Waals surface area contributed by atoms with Crippen molar-refractivity contribution in [1.82, 2.24) is 20.6 Å². The molecule has 0 bridgehead atoms. The predicted molar refractivity (Wildman–Crippen MR) is 93.2 cm³/mol. The van der Waals surface area contributed by atoms with Crippen LogP contribution in [0.25, 0.3) is 0 Å². The average molecular weight is 362 g/mol. The molecule has 0 aromatic carbocycles. The Hall–Kier alpha value is -2.06. The molecule has 2 fully saturated rings. The number of aliphatic hydroxyl groups is 1. The van der Waals surface area contributed by atoms with Crippen molar-refractivity contribution in [1.29, 1.82) is 0 Å². The zero-order valence-corrected chi connectivity index (χ0v) is 14.8. The maximum atomic E-state index is 12.1. The SMILES string of the molecule is O=C(NCC[C@H]1CC[C@H](NC(=O)C2CCC2)[C@H](CO)O1)c1cnccn1. The first kappa shape index (κ1) is 18.7. The van der Waals surface area contributed by atoms with Crippen LogP contribution >= 0.6 is 0 Å². The number of hydrogen-bond acceptors (Lipinski definition) is 6. The molecule has 1 aliphatic carbocycles. The summed E-state index contributed by atoms with van der Waals surface area (Å²) in [7, 11) is 0. The molecule has 0 unspecified atom stereocenters. The molecule has 1 aromatic rings. The minimum absolute atomic E-state index is 0.0498. The third-order valence-corrected chi connectivity index (χ3v) is 5.15. The van der Waals surface area contributed by atoms with Crippen LogP contribution in [0.5, 0.6) is 0 Å². The van der Waals surface area contributed by atoms with Gasteiger partial charge >= 0.3 is 0 Å². The zero-order valence-electron chi connectivity index (χ0n) is 14.8. The molecule has 3 atom stereocenters. The van der Waals surface area contributed by atoms with Crippen molar-refractivity contribution in [2.45, 2.75) is 56.8 Å². The lowest BCUT2D eigenvalue weighted by Crippen LogP contribution is -2.53. The second-order valence-electron chi connectivity index (χ2n) is 6.93. The first-order valence-corrected chi connectivity index (χ1v) is 9.28. The van der Waals surface area contributed by atoms with Crippen molar-refractivity contribution in [2.24, 2.45) is 5.92 Å². The highest BCUT2D eigenvalue weighted by Gasteiger charge is 2.34. The van der Waals surface area contributed by atoms with Crippen LogP contribution in [0.2, 0.25) is 0 Å². The van der Waals surface area contributed by atoms with Gasteiger partial charge in [-0.05, 0) is 32.1 Å². The number of carbonyl (C=O) groups excluding carboxylic acids is 2. The van der Waals surface area contributed by atoms with E-state index in [0.29, 0.717) is 13.0 Å². The lowest BCUT2D eigenvalue weighted by atomic mass is 9.84.